The van der Waals surface area contributed by atoms with Crippen LogP contribution in [0.4, 0.5) is 4.39 Å². The van der Waals surface area contributed by atoms with Crippen LogP contribution in [0.2, 0.25) is 0 Å². The van der Waals surface area contributed by atoms with Crippen molar-refractivity contribution in [2.24, 2.45) is 0 Å². The maximum absolute atomic E-state index is 13.3. The van der Waals surface area contributed by atoms with Crippen LogP contribution in [-0.2, 0) is 10.0 Å². The van der Waals surface area contributed by atoms with E-state index in [1.807, 2.05) is 0 Å². The Morgan fingerprint density at radius 2 is 2.18 bits per heavy atom. The number of hydrogen-bond donors (Lipinski definition) is 0. The fourth-order valence-electron chi connectivity index (χ4n) is 1.25. The van der Waals surface area contributed by atoms with Gasteiger partial charge >= 0.3 is 0 Å². The summed E-state index contributed by atoms with van der Waals surface area (Å²) in [4.78, 5) is -0.102. The molecule has 0 aliphatic rings. The lowest BCUT2D eigenvalue weighted by molar-refractivity contribution is 0.463. The SMILES string of the molecule is C#CCN(CC)S(=O)(=O)c1ccc(Br)c(F)c1. The topological polar surface area (TPSA) is 37.4 Å². The van der Waals surface area contributed by atoms with E-state index in [0.29, 0.717) is 0 Å². The van der Waals surface area contributed by atoms with Gasteiger partial charge < -0.3 is 0 Å². The number of sulfonamides is 1. The van der Waals surface area contributed by atoms with E-state index in [-0.39, 0.29) is 22.5 Å². The number of terminal acetylenes is 1. The molecule has 1 aromatic carbocycles. The van der Waals surface area contributed by atoms with Gasteiger partial charge in [-0.1, -0.05) is 12.8 Å². The van der Waals surface area contributed by atoms with Crippen molar-refractivity contribution in [1.29, 1.82) is 0 Å². The summed E-state index contributed by atoms with van der Waals surface area (Å²) in [5, 5.41) is 0. The van der Waals surface area contributed by atoms with Crippen molar-refractivity contribution in [1.82, 2.24) is 4.31 Å². The Bertz CT molecular complexity index is 551. The van der Waals surface area contributed by atoms with Crippen LogP contribution in [0.1, 0.15) is 6.92 Å². The van der Waals surface area contributed by atoms with Crippen LogP contribution in [-0.4, -0.2) is 25.8 Å². The van der Waals surface area contributed by atoms with Gasteiger partial charge in [0, 0.05) is 6.54 Å². The summed E-state index contributed by atoms with van der Waals surface area (Å²) < 4.78 is 38.7. The van der Waals surface area contributed by atoms with Crippen molar-refractivity contribution in [2.75, 3.05) is 13.1 Å². The van der Waals surface area contributed by atoms with E-state index in [4.69, 9.17) is 6.42 Å². The molecule has 0 aliphatic carbocycles. The molecule has 17 heavy (non-hydrogen) atoms. The van der Waals surface area contributed by atoms with Crippen LogP contribution in [0.3, 0.4) is 0 Å². The van der Waals surface area contributed by atoms with Crippen LogP contribution >= 0.6 is 15.9 Å². The highest BCUT2D eigenvalue weighted by molar-refractivity contribution is 9.10. The summed E-state index contributed by atoms with van der Waals surface area (Å²) in [6.07, 6.45) is 5.10. The third-order valence-electron chi connectivity index (χ3n) is 2.15. The summed E-state index contributed by atoms with van der Waals surface area (Å²) in [6, 6.07) is 3.66. The second-order valence-corrected chi connectivity index (χ2v) is 6.00. The summed E-state index contributed by atoms with van der Waals surface area (Å²) in [5.74, 6) is 1.64. The molecular weight excluding hydrogens is 309 g/mol. The molecule has 0 spiro atoms. The normalized spacial score (nSPS) is 11.5. The van der Waals surface area contributed by atoms with E-state index in [1.165, 1.54) is 12.1 Å². The molecule has 0 fully saturated rings. The first-order chi connectivity index (χ1) is 7.93. The largest absolute Gasteiger partial charge is 0.244 e. The molecule has 0 aromatic heterocycles. The third-order valence-corrected chi connectivity index (χ3v) is 4.71. The van der Waals surface area contributed by atoms with Gasteiger partial charge in [0.1, 0.15) is 5.82 Å². The Labute approximate surface area is 109 Å². The molecule has 0 N–H and O–H groups in total. The minimum Gasteiger partial charge on any atom is -0.207 e. The Morgan fingerprint density at radius 3 is 2.65 bits per heavy atom. The molecule has 6 heteroatoms. The number of benzene rings is 1. The lowest BCUT2D eigenvalue weighted by Crippen LogP contribution is -2.31. The van der Waals surface area contributed by atoms with Crippen molar-refractivity contribution in [3.63, 3.8) is 0 Å². The Kier molecular flexibility index (Phi) is 4.69. The molecule has 0 heterocycles. The Hall–Kier alpha value is -0.900. The average molecular weight is 320 g/mol. The molecule has 0 aliphatic heterocycles. The summed E-state index contributed by atoms with van der Waals surface area (Å²) in [7, 11) is -3.72. The molecule has 0 amide bonds. The minimum atomic E-state index is -3.72. The number of hydrogen-bond acceptors (Lipinski definition) is 2. The molecule has 0 unspecified atom stereocenters. The Balaban J connectivity index is 3.21. The number of nitrogens with zero attached hydrogens (tertiary/aromatic N) is 1. The fourth-order valence-corrected chi connectivity index (χ4v) is 2.88. The molecule has 0 radical (unpaired) electrons. The Morgan fingerprint density at radius 1 is 1.53 bits per heavy atom. The molecule has 0 saturated carbocycles. The van der Waals surface area contributed by atoms with Crippen LogP contribution in [0.15, 0.2) is 27.6 Å². The fraction of sp³-hybridized carbons (Fsp3) is 0.273. The second kappa shape index (κ2) is 5.63. The first-order valence-electron chi connectivity index (χ1n) is 4.82. The van der Waals surface area contributed by atoms with E-state index in [1.54, 1.807) is 6.92 Å². The molecule has 1 aromatic rings. The van der Waals surface area contributed by atoms with E-state index in [9.17, 15) is 12.8 Å². The van der Waals surface area contributed by atoms with E-state index in [2.05, 4.69) is 21.9 Å². The van der Waals surface area contributed by atoms with Gasteiger partial charge in [-0.3, -0.25) is 0 Å². The van der Waals surface area contributed by atoms with E-state index >= 15 is 0 Å². The zero-order chi connectivity index (χ0) is 13.1. The molecule has 3 nitrogen and oxygen atoms in total. The maximum atomic E-state index is 13.3. The van der Waals surface area contributed by atoms with Crippen LogP contribution in [0.25, 0.3) is 0 Å². The van der Waals surface area contributed by atoms with Gasteiger partial charge in [-0.2, -0.15) is 4.31 Å². The van der Waals surface area contributed by atoms with E-state index < -0.39 is 15.8 Å². The van der Waals surface area contributed by atoms with Crippen molar-refractivity contribution in [2.45, 2.75) is 11.8 Å². The lowest BCUT2D eigenvalue weighted by Gasteiger charge is -2.17. The zero-order valence-electron chi connectivity index (χ0n) is 9.15. The second-order valence-electron chi connectivity index (χ2n) is 3.21. The molecule has 92 valence electrons. The average Bonchev–Trinajstić information content (AvgIpc) is 2.29. The summed E-state index contributed by atoms with van der Waals surface area (Å²) in [6.45, 7) is 1.88. The quantitative estimate of drug-likeness (QED) is 0.798. The van der Waals surface area contributed by atoms with Gasteiger partial charge in [0.05, 0.1) is 15.9 Å². The van der Waals surface area contributed by atoms with Gasteiger partial charge in [-0.15, -0.1) is 6.42 Å². The van der Waals surface area contributed by atoms with Gasteiger partial charge in [0.2, 0.25) is 10.0 Å². The summed E-state index contributed by atoms with van der Waals surface area (Å²) >= 11 is 2.97. The number of rotatable bonds is 4. The molecule has 0 saturated heterocycles. The van der Waals surface area contributed by atoms with Crippen molar-refractivity contribution in [3.8, 4) is 12.3 Å². The smallest absolute Gasteiger partial charge is 0.207 e. The maximum Gasteiger partial charge on any atom is 0.244 e. The predicted molar refractivity (Wildman–Crippen MR) is 67.4 cm³/mol. The monoisotopic (exact) mass is 319 g/mol. The third kappa shape index (κ3) is 3.06. The van der Waals surface area contributed by atoms with Crippen LogP contribution in [0, 0.1) is 18.2 Å². The van der Waals surface area contributed by atoms with Crippen molar-refractivity contribution < 1.29 is 12.8 Å². The standard InChI is InChI=1S/C11H11BrFNO2S/c1-3-7-14(4-2)17(15,16)9-5-6-10(12)11(13)8-9/h1,5-6,8H,4,7H2,2H3. The van der Waals surface area contributed by atoms with Crippen molar-refractivity contribution in [3.05, 3.63) is 28.5 Å². The van der Waals surface area contributed by atoms with Gasteiger partial charge in [0.25, 0.3) is 0 Å². The molecule has 1 rings (SSSR count). The predicted octanol–water partition coefficient (Wildman–Crippen LogP) is 2.23. The van der Waals surface area contributed by atoms with Crippen molar-refractivity contribution >= 4 is 26.0 Å². The zero-order valence-corrected chi connectivity index (χ0v) is 11.6. The molecule has 0 atom stereocenters. The van der Waals surface area contributed by atoms with Gasteiger partial charge in [0.15, 0.2) is 0 Å². The molecule has 0 bridgehead atoms. The molecular formula is C11H11BrFNO2S. The highest BCUT2D eigenvalue weighted by Gasteiger charge is 2.23. The van der Waals surface area contributed by atoms with Crippen LogP contribution in [0.5, 0.6) is 0 Å². The first kappa shape index (κ1) is 14.2. The van der Waals surface area contributed by atoms with Crippen LogP contribution < -0.4 is 0 Å². The highest BCUT2D eigenvalue weighted by atomic mass is 79.9. The van der Waals surface area contributed by atoms with Gasteiger partial charge in [-0.25, -0.2) is 12.8 Å². The number of halogens is 2. The van der Waals surface area contributed by atoms with Gasteiger partial charge in [-0.05, 0) is 34.1 Å². The minimum absolute atomic E-state index is 0.0312. The first-order valence-corrected chi connectivity index (χ1v) is 7.05. The lowest BCUT2D eigenvalue weighted by atomic mass is 10.3. The van der Waals surface area contributed by atoms with E-state index in [0.717, 1.165) is 10.4 Å². The highest BCUT2D eigenvalue weighted by Crippen LogP contribution is 2.21. The summed E-state index contributed by atoms with van der Waals surface area (Å²) in [5.41, 5.74) is 0.